The maximum Gasteiger partial charge on any atom is 0.171 e. The second kappa shape index (κ2) is 7.66. The van der Waals surface area contributed by atoms with E-state index in [1.54, 1.807) is 0 Å². The standard InChI is InChI=1S/C31H21N2OP/c34-35(22-11-3-1-4-12-22,23-13-5-2-6-14-23)24-19-20-30-28(21-24)32-31-27-17-8-7-15-25(27)26-16-9-10-18-29(26)33(30)31/h1-21H. The van der Waals surface area contributed by atoms with Gasteiger partial charge in [-0.2, -0.15) is 0 Å². The molecule has 3 nitrogen and oxygen atoms in total. The van der Waals surface area contributed by atoms with Crippen LogP contribution in [0.4, 0.5) is 0 Å². The average molecular weight is 468 g/mol. The molecule has 0 bridgehead atoms. The molecule has 0 N–H and O–H groups in total. The minimum atomic E-state index is -3.07. The highest BCUT2D eigenvalue weighted by Crippen LogP contribution is 2.43. The molecule has 7 aromatic rings. The van der Waals surface area contributed by atoms with Crippen LogP contribution >= 0.6 is 7.14 Å². The molecule has 0 amide bonds. The van der Waals surface area contributed by atoms with Gasteiger partial charge in [0.15, 0.2) is 7.14 Å². The molecule has 0 radical (unpaired) electrons. The summed E-state index contributed by atoms with van der Waals surface area (Å²) in [5.41, 5.74) is 3.89. The number of para-hydroxylation sites is 1. The number of benzene rings is 5. The van der Waals surface area contributed by atoms with Gasteiger partial charge in [0.2, 0.25) is 0 Å². The van der Waals surface area contributed by atoms with E-state index in [4.69, 9.17) is 4.98 Å². The summed E-state index contributed by atoms with van der Waals surface area (Å²) in [7, 11) is -3.07. The van der Waals surface area contributed by atoms with Crippen LogP contribution < -0.4 is 15.9 Å². The van der Waals surface area contributed by atoms with Crippen LogP contribution in [0, 0.1) is 0 Å². The third-order valence-corrected chi connectivity index (χ3v) is 9.90. The van der Waals surface area contributed by atoms with E-state index in [1.807, 2.05) is 72.8 Å². The van der Waals surface area contributed by atoms with Gasteiger partial charge in [-0.25, -0.2) is 4.98 Å². The van der Waals surface area contributed by atoms with Crippen molar-refractivity contribution in [3.05, 3.63) is 127 Å². The van der Waals surface area contributed by atoms with Crippen LogP contribution in [-0.4, -0.2) is 9.38 Å². The molecule has 0 saturated heterocycles. The lowest BCUT2D eigenvalue weighted by Gasteiger charge is -2.20. The van der Waals surface area contributed by atoms with Crippen LogP contribution in [0.15, 0.2) is 127 Å². The Bertz CT molecular complexity index is 1880. The number of nitrogens with zero attached hydrogens (tertiary/aromatic N) is 2. The first kappa shape index (κ1) is 20.2. The van der Waals surface area contributed by atoms with Gasteiger partial charge < -0.3 is 4.57 Å². The summed E-state index contributed by atoms with van der Waals surface area (Å²) in [6.07, 6.45) is 0. The van der Waals surface area contributed by atoms with Gasteiger partial charge in [0.1, 0.15) is 5.65 Å². The van der Waals surface area contributed by atoms with Gasteiger partial charge in [-0.05, 0) is 29.7 Å². The lowest BCUT2D eigenvalue weighted by molar-refractivity contribution is 0.592. The van der Waals surface area contributed by atoms with Gasteiger partial charge >= 0.3 is 0 Å². The smallest absolute Gasteiger partial charge is 0.171 e. The third kappa shape index (κ3) is 2.92. The van der Waals surface area contributed by atoms with E-state index in [2.05, 4.69) is 59.0 Å². The molecule has 0 aliphatic rings. The summed E-state index contributed by atoms with van der Waals surface area (Å²) in [5, 5.41) is 5.93. The second-order valence-electron chi connectivity index (χ2n) is 8.79. The predicted octanol–water partition coefficient (Wildman–Crippen LogP) is 6.43. The number of imidazole rings is 1. The van der Waals surface area contributed by atoms with E-state index in [-0.39, 0.29) is 0 Å². The highest BCUT2D eigenvalue weighted by atomic mass is 31.2. The molecular formula is C31H21N2OP. The van der Waals surface area contributed by atoms with Crippen molar-refractivity contribution in [1.82, 2.24) is 9.38 Å². The zero-order valence-electron chi connectivity index (χ0n) is 18.9. The Balaban J connectivity index is 1.58. The van der Waals surface area contributed by atoms with E-state index in [1.165, 1.54) is 10.8 Å². The van der Waals surface area contributed by atoms with Crippen LogP contribution in [0.3, 0.4) is 0 Å². The number of hydrogen-bond donors (Lipinski definition) is 0. The molecule has 0 spiro atoms. The summed E-state index contributed by atoms with van der Waals surface area (Å²) in [5.74, 6) is 0. The molecule has 0 saturated carbocycles. The predicted molar refractivity (Wildman–Crippen MR) is 147 cm³/mol. The zero-order chi connectivity index (χ0) is 23.4. The molecule has 0 unspecified atom stereocenters. The second-order valence-corrected chi connectivity index (χ2v) is 11.6. The van der Waals surface area contributed by atoms with Crippen molar-refractivity contribution in [3.8, 4) is 0 Å². The van der Waals surface area contributed by atoms with Gasteiger partial charge in [0.05, 0.1) is 16.6 Å². The Hall–Kier alpha value is -4.20. The molecule has 7 rings (SSSR count). The van der Waals surface area contributed by atoms with E-state index in [0.717, 1.165) is 43.5 Å². The lowest BCUT2D eigenvalue weighted by atomic mass is 10.1. The van der Waals surface area contributed by atoms with Crippen LogP contribution in [-0.2, 0) is 4.57 Å². The maximum absolute atomic E-state index is 14.9. The van der Waals surface area contributed by atoms with E-state index < -0.39 is 7.14 Å². The summed E-state index contributed by atoms with van der Waals surface area (Å²) >= 11 is 0. The number of fused-ring (bicyclic) bond motifs is 8. The van der Waals surface area contributed by atoms with Crippen LogP contribution in [0.1, 0.15) is 0 Å². The molecule has 0 aliphatic carbocycles. The molecule has 2 heterocycles. The van der Waals surface area contributed by atoms with Crippen molar-refractivity contribution in [2.45, 2.75) is 0 Å². The summed E-state index contributed by atoms with van der Waals surface area (Å²) in [6, 6.07) is 42.5. The fourth-order valence-corrected chi connectivity index (χ4v) is 7.89. The first-order valence-electron chi connectivity index (χ1n) is 11.7. The van der Waals surface area contributed by atoms with Crippen LogP contribution in [0.2, 0.25) is 0 Å². The SMILES string of the molecule is O=P(c1ccccc1)(c1ccccc1)c1ccc2c(c1)nc1c3ccccc3c3ccccc3n21. The van der Waals surface area contributed by atoms with E-state index in [9.17, 15) is 4.57 Å². The Morgan fingerprint density at radius 1 is 0.514 bits per heavy atom. The van der Waals surface area contributed by atoms with Crippen molar-refractivity contribution in [2.75, 3.05) is 0 Å². The minimum Gasteiger partial charge on any atom is -0.309 e. The maximum atomic E-state index is 14.9. The molecule has 2 aromatic heterocycles. The minimum absolute atomic E-state index is 0.791. The Kier molecular flexibility index (Phi) is 4.42. The number of aromatic nitrogens is 2. The van der Waals surface area contributed by atoms with Crippen LogP contribution in [0.25, 0.3) is 38.4 Å². The number of pyridine rings is 1. The van der Waals surface area contributed by atoms with Crippen molar-refractivity contribution >= 4 is 61.4 Å². The van der Waals surface area contributed by atoms with Gasteiger partial charge in [0, 0.05) is 26.7 Å². The molecule has 0 fully saturated rings. The number of rotatable bonds is 3. The highest BCUT2D eigenvalue weighted by Gasteiger charge is 2.30. The average Bonchev–Trinajstić information content (AvgIpc) is 3.33. The van der Waals surface area contributed by atoms with Crippen LogP contribution in [0.5, 0.6) is 0 Å². The molecule has 35 heavy (non-hydrogen) atoms. The van der Waals surface area contributed by atoms with Crippen molar-refractivity contribution in [2.24, 2.45) is 0 Å². The summed E-state index contributed by atoms with van der Waals surface area (Å²) in [6.45, 7) is 0. The third-order valence-electron chi connectivity index (χ3n) is 6.84. The van der Waals surface area contributed by atoms with E-state index in [0.29, 0.717) is 0 Å². The first-order chi connectivity index (χ1) is 17.2. The molecular weight excluding hydrogens is 447 g/mol. The molecule has 0 aliphatic heterocycles. The van der Waals surface area contributed by atoms with Gasteiger partial charge in [-0.1, -0.05) is 103 Å². The topological polar surface area (TPSA) is 34.4 Å². The quantitative estimate of drug-likeness (QED) is 0.221. The largest absolute Gasteiger partial charge is 0.309 e. The molecule has 5 aromatic carbocycles. The Morgan fingerprint density at radius 3 is 1.77 bits per heavy atom. The van der Waals surface area contributed by atoms with Crippen molar-refractivity contribution in [1.29, 1.82) is 0 Å². The van der Waals surface area contributed by atoms with Crippen molar-refractivity contribution in [3.63, 3.8) is 0 Å². The molecule has 0 atom stereocenters. The fraction of sp³-hybridized carbons (Fsp3) is 0. The normalized spacial score (nSPS) is 12.1. The summed E-state index contributed by atoms with van der Waals surface area (Å²) < 4.78 is 17.1. The highest BCUT2D eigenvalue weighted by molar-refractivity contribution is 7.85. The first-order valence-corrected chi connectivity index (χ1v) is 13.4. The zero-order valence-corrected chi connectivity index (χ0v) is 19.8. The fourth-order valence-electron chi connectivity index (χ4n) is 5.22. The number of hydrogen-bond acceptors (Lipinski definition) is 2. The summed E-state index contributed by atoms with van der Waals surface area (Å²) in [4.78, 5) is 5.10. The van der Waals surface area contributed by atoms with Gasteiger partial charge in [0.25, 0.3) is 0 Å². The van der Waals surface area contributed by atoms with Crippen molar-refractivity contribution < 1.29 is 4.57 Å². The van der Waals surface area contributed by atoms with Gasteiger partial charge in [-0.15, -0.1) is 0 Å². The lowest BCUT2D eigenvalue weighted by Crippen LogP contribution is -2.24. The monoisotopic (exact) mass is 468 g/mol. The van der Waals surface area contributed by atoms with E-state index >= 15 is 0 Å². The Morgan fingerprint density at radius 2 is 1.09 bits per heavy atom. The molecule has 4 heteroatoms. The van der Waals surface area contributed by atoms with Gasteiger partial charge in [-0.3, -0.25) is 4.40 Å². The molecule has 166 valence electrons. The Labute approximate surface area is 202 Å².